The third-order valence-corrected chi connectivity index (χ3v) is 4.66. The van der Waals surface area contributed by atoms with Crippen LogP contribution in [0.5, 0.6) is 0 Å². The van der Waals surface area contributed by atoms with Gasteiger partial charge in [-0.15, -0.1) is 0 Å². The third kappa shape index (κ3) is 2.45. The van der Waals surface area contributed by atoms with Crippen molar-refractivity contribution in [3.05, 3.63) is 28.2 Å². The van der Waals surface area contributed by atoms with Crippen molar-refractivity contribution in [2.75, 3.05) is 4.90 Å². The number of nitrogens with two attached hydrogens (primary N) is 2. The number of hydrogen-bond donors (Lipinski definition) is 2. The van der Waals surface area contributed by atoms with Crippen LogP contribution in [0.25, 0.3) is 0 Å². The highest BCUT2D eigenvalue weighted by atomic mass is 79.9. The second-order valence-corrected chi connectivity index (χ2v) is 6.39. The topological polar surface area (TPSA) is 80.0 Å². The maximum atomic E-state index is 14.4. The average molecular weight is 372 g/mol. The Morgan fingerprint density at radius 2 is 1.82 bits per heavy atom. The van der Waals surface area contributed by atoms with Gasteiger partial charge in [-0.1, -0.05) is 6.42 Å². The molecular formula is C14H16BrF2N5. The van der Waals surface area contributed by atoms with E-state index >= 15 is 0 Å². The predicted octanol–water partition coefficient (Wildman–Crippen LogP) is 2.84. The van der Waals surface area contributed by atoms with Crippen molar-refractivity contribution in [1.82, 2.24) is 0 Å². The maximum absolute atomic E-state index is 14.4. The molecule has 0 amide bonds. The van der Waals surface area contributed by atoms with Gasteiger partial charge >= 0.3 is 0 Å². The fraction of sp³-hybridized carbons (Fsp3) is 0.429. The molecule has 3 rings (SSSR count). The van der Waals surface area contributed by atoms with E-state index in [4.69, 9.17) is 11.5 Å². The molecule has 1 fully saturated rings. The highest BCUT2D eigenvalue weighted by Crippen LogP contribution is 2.43. The molecule has 0 saturated heterocycles. The van der Waals surface area contributed by atoms with Crippen LogP contribution in [0.4, 0.5) is 14.5 Å². The highest BCUT2D eigenvalue weighted by Gasteiger charge is 2.44. The molecule has 8 heteroatoms. The minimum Gasteiger partial charge on any atom is -0.369 e. The van der Waals surface area contributed by atoms with Crippen molar-refractivity contribution >= 4 is 33.5 Å². The summed E-state index contributed by atoms with van der Waals surface area (Å²) in [6.07, 6.45) is 4.32. The number of rotatable bonds is 1. The van der Waals surface area contributed by atoms with Gasteiger partial charge in [0.2, 0.25) is 11.9 Å². The van der Waals surface area contributed by atoms with Gasteiger partial charge in [0, 0.05) is 10.5 Å². The van der Waals surface area contributed by atoms with Crippen LogP contribution in [0.3, 0.4) is 0 Å². The Balaban J connectivity index is 2.16. The minimum absolute atomic E-state index is 0.0700. The van der Waals surface area contributed by atoms with E-state index in [-0.39, 0.29) is 22.1 Å². The quantitative estimate of drug-likeness (QED) is 0.796. The summed E-state index contributed by atoms with van der Waals surface area (Å²) in [6, 6.07) is 2.02. The van der Waals surface area contributed by atoms with E-state index in [1.165, 1.54) is 6.07 Å². The van der Waals surface area contributed by atoms with Crippen molar-refractivity contribution < 1.29 is 8.78 Å². The van der Waals surface area contributed by atoms with E-state index in [2.05, 4.69) is 25.9 Å². The number of hydrogen-bond acceptors (Lipinski definition) is 5. The molecule has 1 aliphatic heterocycles. The van der Waals surface area contributed by atoms with Crippen molar-refractivity contribution in [2.45, 2.75) is 37.8 Å². The Bertz CT molecular complexity index is 644. The number of nitrogens with zero attached hydrogens (tertiary/aromatic N) is 3. The SMILES string of the molecule is NC1=NC2(CCCCC2)N(c2c(F)cc(F)cc2Br)C(N)=N1. The van der Waals surface area contributed by atoms with Crippen molar-refractivity contribution in [3.8, 4) is 0 Å². The largest absolute Gasteiger partial charge is 0.369 e. The molecule has 4 N–H and O–H groups in total. The van der Waals surface area contributed by atoms with Gasteiger partial charge < -0.3 is 11.5 Å². The number of benzene rings is 1. The number of halogens is 3. The lowest BCUT2D eigenvalue weighted by Gasteiger charge is -2.45. The normalized spacial score (nSPS) is 20.8. The van der Waals surface area contributed by atoms with Crippen LogP contribution in [0, 0.1) is 11.6 Å². The van der Waals surface area contributed by atoms with Crippen molar-refractivity contribution in [1.29, 1.82) is 0 Å². The first-order valence-corrected chi connectivity index (χ1v) is 7.86. The van der Waals surface area contributed by atoms with Crippen LogP contribution in [0.15, 0.2) is 26.6 Å². The Labute approximate surface area is 135 Å². The van der Waals surface area contributed by atoms with Crippen molar-refractivity contribution in [3.63, 3.8) is 0 Å². The fourth-order valence-corrected chi connectivity index (χ4v) is 3.78. The van der Waals surface area contributed by atoms with E-state index in [9.17, 15) is 8.78 Å². The van der Waals surface area contributed by atoms with Crippen LogP contribution in [-0.4, -0.2) is 17.6 Å². The zero-order chi connectivity index (χ0) is 15.9. The number of guanidine groups is 2. The number of aliphatic imine (C=N–C) groups is 2. The Hall–Kier alpha value is -1.70. The monoisotopic (exact) mass is 371 g/mol. The van der Waals surface area contributed by atoms with E-state index in [0.717, 1.165) is 25.3 Å². The van der Waals surface area contributed by atoms with Crippen LogP contribution in [-0.2, 0) is 0 Å². The van der Waals surface area contributed by atoms with Gasteiger partial charge in [-0.3, -0.25) is 4.90 Å². The first-order valence-electron chi connectivity index (χ1n) is 7.07. The average Bonchev–Trinajstić information content (AvgIpc) is 2.41. The first kappa shape index (κ1) is 15.2. The summed E-state index contributed by atoms with van der Waals surface area (Å²) in [5, 5.41) is 0. The molecule has 5 nitrogen and oxygen atoms in total. The molecule has 1 spiro atoms. The molecular weight excluding hydrogens is 356 g/mol. The lowest BCUT2D eigenvalue weighted by molar-refractivity contribution is 0.303. The van der Waals surface area contributed by atoms with Crippen LogP contribution in [0.2, 0.25) is 0 Å². The Kier molecular flexibility index (Phi) is 3.80. The molecule has 0 radical (unpaired) electrons. The van der Waals surface area contributed by atoms with Gasteiger partial charge in [-0.2, -0.15) is 4.99 Å². The maximum Gasteiger partial charge on any atom is 0.220 e. The lowest BCUT2D eigenvalue weighted by atomic mass is 9.87. The van der Waals surface area contributed by atoms with Gasteiger partial charge in [0.1, 0.15) is 11.5 Å². The molecule has 0 aromatic heterocycles. The first-order chi connectivity index (χ1) is 10.4. The molecule has 1 saturated carbocycles. The highest BCUT2D eigenvalue weighted by molar-refractivity contribution is 9.10. The summed E-state index contributed by atoms with van der Waals surface area (Å²) in [5.41, 5.74) is 11.2. The Morgan fingerprint density at radius 1 is 1.14 bits per heavy atom. The van der Waals surface area contributed by atoms with E-state index in [1.54, 1.807) is 4.90 Å². The molecule has 1 heterocycles. The molecule has 0 unspecified atom stereocenters. The van der Waals surface area contributed by atoms with Gasteiger partial charge in [-0.25, -0.2) is 13.8 Å². The molecule has 118 valence electrons. The predicted molar refractivity (Wildman–Crippen MR) is 85.6 cm³/mol. The Morgan fingerprint density at radius 3 is 2.45 bits per heavy atom. The summed E-state index contributed by atoms with van der Waals surface area (Å²) < 4.78 is 28.0. The van der Waals surface area contributed by atoms with Gasteiger partial charge in [-0.05, 0) is 47.7 Å². The summed E-state index contributed by atoms with van der Waals surface area (Å²) in [7, 11) is 0. The molecule has 1 aliphatic carbocycles. The molecule has 1 aromatic carbocycles. The second kappa shape index (κ2) is 5.49. The van der Waals surface area contributed by atoms with Crippen LogP contribution >= 0.6 is 15.9 Å². The molecule has 0 atom stereocenters. The third-order valence-electron chi connectivity index (χ3n) is 4.06. The zero-order valence-corrected chi connectivity index (χ0v) is 13.4. The smallest absolute Gasteiger partial charge is 0.220 e. The van der Waals surface area contributed by atoms with Crippen molar-refractivity contribution in [2.24, 2.45) is 21.5 Å². The molecule has 1 aromatic rings. The summed E-state index contributed by atoms with van der Waals surface area (Å²) in [5.74, 6) is -1.22. The van der Waals surface area contributed by atoms with E-state index < -0.39 is 17.3 Å². The van der Waals surface area contributed by atoms with E-state index in [0.29, 0.717) is 12.8 Å². The fourth-order valence-electron chi connectivity index (χ4n) is 3.19. The van der Waals surface area contributed by atoms with Gasteiger partial charge in [0.15, 0.2) is 5.82 Å². The zero-order valence-electron chi connectivity index (χ0n) is 11.8. The molecule has 0 bridgehead atoms. The second-order valence-electron chi connectivity index (χ2n) is 5.54. The summed E-state index contributed by atoms with van der Waals surface area (Å²) in [4.78, 5) is 9.96. The lowest BCUT2D eigenvalue weighted by Crippen LogP contribution is -2.58. The van der Waals surface area contributed by atoms with Gasteiger partial charge in [0.25, 0.3) is 0 Å². The number of anilines is 1. The summed E-state index contributed by atoms with van der Waals surface area (Å²) in [6.45, 7) is 0. The van der Waals surface area contributed by atoms with E-state index in [1.807, 2.05) is 0 Å². The summed E-state index contributed by atoms with van der Waals surface area (Å²) >= 11 is 3.21. The van der Waals surface area contributed by atoms with Crippen LogP contribution < -0.4 is 16.4 Å². The standard InChI is InChI=1S/C14H16BrF2N5/c15-9-6-8(16)7-10(17)11(9)22-13(19)20-12(18)21-14(22)4-2-1-3-5-14/h6-7H,1-5H2,(H4,18,19,20,21). The molecule has 2 aliphatic rings. The van der Waals surface area contributed by atoms with Gasteiger partial charge in [0.05, 0.1) is 5.69 Å². The minimum atomic E-state index is -0.755. The van der Waals surface area contributed by atoms with Crippen LogP contribution in [0.1, 0.15) is 32.1 Å². The molecule has 22 heavy (non-hydrogen) atoms.